The molecule has 4 rings (SSSR count). The van der Waals surface area contributed by atoms with Gasteiger partial charge in [-0.2, -0.15) is 0 Å². The van der Waals surface area contributed by atoms with Crippen molar-refractivity contribution in [2.45, 2.75) is 18.9 Å². The summed E-state index contributed by atoms with van der Waals surface area (Å²) in [5.74, 6) is 0.817. The van der Waals surface area contributed by atoms with Crippen LogP contribution >= 0.6 is 23.8 Å². The van der Waals surface area contributed by atoms with E-state index < -0.39 is 0 Å². The summed E-state index contributed by atoms with van der Waals surface area (Å²) in [6.45, 7) is 2.52. The minimum Gasteiger partial charge on any atom is -0.348 e. The van der Waals surface area contributed by atoms with Crippen LogP contribution in [0.3, 0.4) is 0 Å². The standard InChI is InChI=1S/C18H18ClN3OS/c19-14-4-6-15(7-5-14)20-18(24)21-9-12-8-13(11-21)16-2-1-3-17(23)22(16)10-12/h1-7,12-13H,8-11H2,(H,20,24). The van der Waals surface area contributed by atoms with Gasteiger partial charge in [0.1, 0.15) is 0 Å². The molecule has 2 unspecified atom stereocenters. The first-order chi connectivity index (χ1) is 11.6. The maximum atomic E-state index is 12.1. The van der Waals surface area contributed by atoms with Gasteiger partial charge < -0.3 is 14.8 Å². The van der Waals surface area contributed by atoms with Crippen LogP contribution in [0.5, 0.6) is 0 Å². The maximum absolute atomic E-state index is 12.1. The molecule has 0 saturated carbocycles. The van der Waals surface area contributed by atoms with Crippen LogP contribution in [-0.4, -0.2) is 27.7 Å². The van der Waals surface area contributed by atoms with Gasteiger partial charge in [-0.05, 0) is 54.9 Å². The molecule has 0 radical (unpaired) electrons. The normalized spacial score (nSPS) is 22.0. The lowest BCUT2D eigenvalue weighted by Crippen LogP contribution is -2.50. The van der Waals surface area contributed by atoms with E-state index in [9.17, 15) is 4.79 Å². The number of benzene rings is 1. The third kappa shape index (κ3) is 2.94. The molecule has 1 saturated heterocycles. The van der Waals surface area contributed by atoms with Crippen molar-refractivity contribution in [1.82, 2.24) is 9.47 Å². The highest BCUT2D eigenvalue weighted by Gasteiger charge is 2.35. The number of anilines is 1. The van der Waals surface area contributed by atoms with Crippen molar-refractivity contribution in [1.29, 1.82) is 0 Å². The van der Waals surface area contributed by atoms with Crippen LogP contribution in [0.1, 0.15) is 18.0 Å². The number of fused-ring (bicyclic) bond motifs is 4. The van der Waals surface area contributed by atoms with Gasteiger partial charge in [0.25, 0.3) is 5.56 Å². The molecule has 2 bridgehead atoms. The number of thiocarbonyl (C=S) groups is 1. The van der Waals surface area contributed by atoms with Gasteiger partial charge in [-0.15, -0.1) is 0 Å². The lowest BCUT2D eigenvalue weighted by Gasteiger charge is -2.43. The first kappa shape index (κ1) is 15.7. The molecule has 0 amide bonds. The Morgan fingerprint density at radius 2 is 1.92 bits per heavy atom. The van der Waals surface area contributed by atoms with Gasteiger partial charge in [-0.25, -0.2) is 0 Å². The fourth-order valence-electron chi connectivity index (χ4n) is 3.80. The van der Waals surface area contributed by atoms with Gasteiger partial charge in [0.2, 0.25) is 0 Å². The van der Waals surface area contributed by atoms with Crippen LogP contribution in [0.2, 0.25) is 5.02 Å². The summed E-state index contributed by atoms with van der Waals surface area (Å²) in [6, 6.07) is 13.1. The first-order valence-corrected chi connectivity index (χ1v) is 8.90. The third-order valence-corrected chi connectivity index (χ3v) is 5.47. The zero-order valence-corrected chi connectivity index (χ0v) is 14.7. The van der Waals surface area contributed by atoms with Crippen LogP contribution in [0.4, 0.5) is 5.69 Å². The number of nitrogens with zero attached hydrogens (tertiary/aromatic N) is 2. The average molecular weight is 360 g/mol. The van der Waals surface area contributed by atoms with Gasteiger partial charge in [0.05, 0.1) is 0 Å². The number of likely N-dealkylation sites (tertiary alicyclic amines) is 1. The van der Waals surface area contributed by atoms with Crippen molar-refractivity contribution in [2.75, 3.05) is 18.4 Å². The lowest BCUT2D eigenvalue weighted by atomic mass is 9.83. The Morgan fingerprint density at radius 1 is 1.12 bits per heavy atom. The summed E-state index contributed by atoms with van der Waals surface area (Å²) in [5, 5.41) is 4.74. The number of aromatic nitrogens is 1. The largest absolute Gasteiger partial charge is 0.348 e. The van der Waals surface area contributed by atoms with Crippen molar-refractivity contribution in [3.8, 4) is 0 Å². The Balaban J connectivity index is 1.52. The molecule has 0 spiro atoms. The molecule has 2 aromatic rings. The van der Waals surface area contributed by atoms with Crippen molar-refractivity contribution in [3.63, 3.8) is 0 Å². The predicted molar refractivity (Wildman–Crippen MR) is 101 cm³/mol. The Bertz CT molecular complexity index is 833. The van der Waals surface area contributed by atoms with Gasteiger partial charge in [0, 0.05) is 48.0 Å². The quantitative estimate of drug-likeness (QED) is 0.792. The number of piperidine rings is 1. The minimum absolute atomic E-state index is 0.109. The highest BCUT2D eigenvalue weighted by Crippen LogP contribution is 2.35. The smallest absolute Gasteiger partial charge is 0.250 e. The molecule has 2 aliphatic rings. The maximum Gasteiger partial charge on any atom is 0.250 e. The zero-order valence-electron chi connectivity index (χ0n) is 13.1. The second kappa shape index (κ2) is 6.22. The van der Waals surface area contributed by atoms with Gasteiger partial charge in [-0.1, -0.05) is 17.7 Å². The fourth-order valence-corrected chi connectivity index (χ4v) is 4.19. The average Bonchev–Trinajstić information content (AvgIpc) is 2.58. The van der Waals surface area contributed by atoms with Gasteiger partial charge in [-0.3, -0.25) is 4.79 Å². The molecular formula is C18H18ClN3OS. The van der Waals surface area contributed by atoms with Crippen molar-refractivity contribution in [2.24, 2.45) is 5.92 Å². The predicted octanol–water partition coefficient (Wildman–Crippen LogP) is 3.32. The summed E-state index contributed by atoms with van der Waals surface area (Å²) in [5.41, 5.74) is 2.19. The second-order valence-corrected chi connectivity index (χ2v) is 7.36. The highest BCUT2D eigenvalue weighted by atomic mass is 35.5. The Labute approximate surface area is 151 Å². The monoisotopic (exact) mass is 359 g/mol. The van der Waals surface area contributed by atoms with E-state index in [0.29, 0.717) is 16.9 Å². The van der Waals surface area contributed by atoms with E-state index in [-0.39, 0.29) is 5.56 Å². The van der Waals surface area contributed by atoms with E-state index in [1.807, 2.05) is 34.9 Å². The summed E-state index contributed by atoms with van der Waals surface area (Å²) >= 11 is 11.5. The van der Waals surface area contributed by atoms with Gasteiger partial charge in [0.15, 0.2) is 5.11 Å². The van der Waals surface area contributed by atoms with Crippen LogP contribution in [0.15, 0.2) is 47.3 Å². The number of hydrogen-bond acceptors (Lipinski definition) is 2. The number of pyridine rings is 1. The topological polar surface area (TPSA) is 37.3 Å². The zero-order chi connectivity index (χ0) is 16.7. The SMILES string of the molecule is O=c1cccc2n1CC1CC2CN(C(=S)Nc2ccc(Cl)cc2)C1. The Morgan fingerprint density at radius 3 is 2.71 bits per heavy atom. The van der Waals surface area contributed by atoms with Crippen molar-refractivity contribution in [3.05, 3.63) is 63.5 Å². The van der Waals surface area contributed by atoms with Crippen LogP contribution in [0, 0.1) is 5.92 Å². The second-order valence-electron chi connectivity index (χ2n) is 6.54. The van der Waals surface area contributed by atoms with Gasteiger partial charge >= 0.3 is 0 Å². The molecule has 1 aromatic heterocycles. The lowest BCUT2D eigenvalue weighted by molar-refractivity contribution is 0.180. The molecule has 1 aromatic carbocycles. The number of halogens is 1. The molecule has 1 N–H and O–H groups in total. The minimum atomic E-state index is 0.109. The first-order valence-electron chi connectivity index (χ1n) is 8.11. The van der Waals surface area contributed by atoms with Crippen LogP contribution < -0.4 is 10.9 Å². The van der Waals surface area contributed by atoms with E-state index >= 15 is 0 Å². The number of rotatable bonds is 1. The molecule has 4 nitrogen and oxygen atoms in total. The summed E-state index contributed by atoms with van der Waals surface area (Å²) in [7, 11) is 0. The molecule has 24 heavy (non-hydrogen) atoms. The fraction of sp³-hybridized carbons (Fsp3) is 0.333. The van der Waals surface area contributed by atoms with E-state index in [2.05, 4.69) is 16.3 Å². The number of hydrogen-bond donors (Lipinski definition) is 1. The Kier molecular flexibility index (Phi) is 4.06. The number of nitrogens with one attached hydrogen (secondary N) is 1. The molecule has 2 atom stereocenters. The molecular weight excluding hydrogens is 342 g/mol. The van der Waals surface area contributed by atoms with Crippen LogP contribution in [0.25, 0.3) is 0 Å². The third-order valence-electron chi connectivity index (χ3n) is 4.86. The van der Waals surface area contributed by atoms with E-state index in [1.165, 1.54) is 0 Å². The molecule has 3 heterocycles. The highest BCUT2D eigenvalue weighted by molar-refractivity contribution is 7.80. The molecule has 6 heteroatoms. The molecule has 124 valence electrons. The van der Waals surface area contributed by atoms with E-state index in [0.717, 1.165) is 42.5 Å². The summed E-state index contributed by atoms with van der Waals surface area (Å²) in [4.78, 5) is 14.3. The Hall–Kier alpha value is -1.85. The van der Waals surface area contributed by atoms with Crippen LogP contribution in [-0.2, 0) is 6.54 Å². The van der Waals surface area contributed by atoms with Crippen molar-refractivity contribution < 1.29 is 0 Å². The molecule has 1 fully saturated rings. The molecule has 2 aliphatic heterocycles. The van der Waals surface area contributed by atoms with E-state index in [1.54, 1.807) is 6.07 Å². The van der Waals surface area contributed by atoms with Crippen molar-refractivity contribution >= 4 is 34.6 Å². The summed E-state index contributed by atoms with van der Waals surface area (Å²) in [6.07, 6.45) is 1.13. The summed E-state index contributed by atoms with van der Waals surface area (Å²) < 4.78 is 1.94. The molecule has 0 aliphatic carbocycles. The van der Waals surface area contributed by atoms with E-state index in [4.69, 9.17) is 23.8 Å².